The molecule has 1 aromatic heterocycles. The molecule has 0 atom stereocenters. The fourth-order valence-electron chi connectivity index (χ4n) is 2.37. The van der Waals surface area contributed by atoms with E-state index in [-0.39, 0.29) is 11.0 Å². The summed E-state index contributed by atoms with van der Waals surface area (Å²) >= 11 is 0. The van der Waals surface area contributed by atoms with Crippen molar-refractivity contribution in [3.05, 3.63) is 33.7 Å². The van der Waals surface area contributed by atoms with Gasteiger partial charge in [0.15, 0.2) is 0 Å². The molecule has 1 aliphatic carbocycles. The zero-order chi connectivity index (χ0) is 12.6. The zero-order valence-electron chi connectivity index (χ0n) is 11.0. The Bertz CT molecular complexity index is 464. The quantitative estimate of drug-likeness (QED) is 0.853. The molecule has 0 bridgehead atoms. The van der Waals surface area contributed by atoms with E-state index in [1.165, 1.54) is 6.42 Å². The molecule has 0 unspecified atom stereocenters. The number of pyridine rings is 1. The van der Waals surface area contributed by atoms with E-state index in [1.807, 2.05) is 10.6 Å². The molecule has 2 rings (SSSR count). The molecule has 0 amide bonds. The van der Waals surface area contributed by atoms with Crippen molar-refractivity contribution < 1.29 is 0 Å². The summed E-state index contributed by atoms with van der Waals surface area (Å²) < 4.78 is 1.99. The van der Waals surface area contributed by atoms with E-state index in [0.29, 0.717) is 12.6 Å². The second kappa shape index (κ2) is 4.30. The topological polar surface area (TPSA) is 48.0 Å². The zero-order valence-corrected chi connectivity index (χ0v) is 11.0. The van der Waals surface area contributed by atoms with Crippen LogP contribution in [0.3, 0.4) is 0 Å². The van der Waals surface area contributed by atoms with Crippen LogP contribution in [0.4, 0.5) is 0 Å². The van der Waals surface area contributed by atoms with E-state index in [0.717, 1.165) is 24.1 Å². The van der Waals surface area contributed by atoms with Crippen molar-refractivity contribution in [2.75, 3.05) is 0 Å². The highest BCUT2D eigenvalue weighted by Gasteiger charge is 2.27. The van der Waals surface area contributed by atoms with Gasteiger partial charge in [-0.25, -0.2) is 0 Å². The van der Waals surface area contributed by atoms with Crippen LogP contribution in [0.1, 0.15) is 57.3 Å². The van der Waals surface area contributed by atoms with E-state index in [4.69, 9.17) is 5.73 Å². The van der Waals surface area contributed by atoms with Crippen LogP contribution in [0.2, 0.25) is 0 Å². The Balaban J connectivity index is 2.60. The summed E-state index contributed by atoms with van der Waals surface area (Å²) in [5.74, 6) is 0. The van der Waals surface area contributed by atoms with Crippen LogP contribution in [0.5, 0.6) is 0 Å². The average molecular weight is 234 g/mol. The molecule has 2 N–H and O–H groups in total. The summed E-state index contributed by atoms with van der Waals surface area (Å²) in [5, 5.41) is 0. The van der Waals surface area contributed by atoms with E-state index < -0.39 is 0 Å². The minimum absolute atomic E-state index is 0.00186. The van der Waals surface area contributed by atoms with Gasteiger partial charge < -0.3 is 10.3 Å². The van der Waals surface area contributed by atoms with Gasteiger partial charge in [0.2, 0.25) is 0 Å². The third-order valence-corrected chi connectivity index (χ3v) is 3.62. The first-order chi connectivity index (χ1) is 7.95. The number of hydrogen-bond donors (Lipinski definition) is 1. The van der Waals surface area contributed by atoms with Gasteiger partial charge in [0.25, 0.3) is 5.56 Å². The normalized spacial score (nSPS) is 16.9. The molecule has 3 nitrogen and oxygen atoms in total. The Hall–Kier alpha value is -1.09. The van der Waals surface area contributed by atoms with Gasteiger partial charge in [0.05, 0.1) is 0 Å². The van der Waals surface area contributed by atoms with Crippen LogP contribution in [-0.2, 0) is 12.0 Å². The largest absolute Gasteiger partial charge is 0.326 e. The fraction of sp³-hybridized carbons (Fsp3) is 0.643. The summed E-state index contributed by atoms with van der Waals surface area (Å²) in [6, 6.07) is 4.35. The number of nitrogens with zero attached hydrogens (tertiary/aromatic N) is 1. The van der Waals surface area contributed by atoms with E-state index in [2.05, 4.69) is 26.8 Å². The first kappa shape index (κ1) is 12.4. The van der Waals surface area contributed by atoms with Crippen LogP contribution in [0.15, 0.2) is 16.9 Å². The number of nitrogens with two attached hydrogens (primary N) is 1. The van der Waals surface area contributed by atoms with Crippen molar-refractivity contribution in [1.82, 2.24) is 4.57 Å². The maximum absolute atomic E-state index is 12.4. The fourth-order valence-corrected chi connectivity index (χ4v) is 2.37. The lowest BCUT2D eigenvalue weighted by molar-refractivity contribution is 0.286. The Morgan fingerprint density at radius 2 is 2.00 bits per heavy atom. The van der Waals surface area contributed by atoms with Gasteiger partial charge in [-0.2, -0.15) is 0 Å². The first-order valence-corrected chi connectivity index (χ1v) is 6.40. The Morgan fingerprint density at radius 1 is 1.35 bits per heavy atom. The lowest BCUT2D eigenvalue weighted by Gasteiger charge is -2.34. The monoisotopic (exact) mass is 234 g/mol. The highest BCUT2D eigenvalue weighted by Crippen LogP contribution is 2.34. The second-order valence-corrected chi connectivity index (χ2v) is 5.96. The van der Waals surface area contributed by atoms with Gasteiger partial charge >= 0.3 is 0 Å². The van der Waals surface area contributed by atoms with Crippen molar-refractivity contribution in [2.24, 2.45) is 5.73 Å². The molecule has 0 radical (unpaired) electrons. The molecule has 1 heterocycles. The van der Waals surface area contributed by atoms with Gasteiger partial charge in [-0.05, 0) is 25.3 Å². The molecule has 1 aliphatic rings. The highest BCUT2D eigenvalue weighted by molar-refractivity contribution is 5.22. The Labute approximate surface area is 103 Å². The van der Waals surface area contributed by atoms with E-state index in [9.17, 15) is 4.79 Å². The molecular weight excluding hydrogens is 212 g/mol. The smallest absolute Gasteiger partial charge is 0.255 e. The van der Waals surface area contributed by atoms with Crippen LogP contribution in [0.25, 0.3) is 0 Å². The van der Waals surface area contributed by atoms with Crippen molar-refractivity contribution in [3.63, 3.8) is 0 Å². The van der Waals surface area contributed by atoms with Crippen LogP contribution in [-0.4, -0.2) is 4.57 Å². The van der Waals surface area contributed by atoms with Crippen molar-refractivity contribution >= 4 is 0 Å². The molecule has 0 saturated heterocycles. The predicted molar refractivity (Wildman–Crippen MR) is 70.2 cm³/mol. The van der Waals surface area contributed by atoms with Crippen LogP contribution >= 0.6 is 0 Å². The summed E-state index contributed by atoms with van der Waals surface area (Å²) in [6.07, 6.45) is 3.47. The van der Waals surface area contributed by atoms with Gasteiger partial charge in [-0.1, -0.05) is 26.8 Å². The maximum Gasteiger partial charge on any atom is 0.255 e. The summed E-state index contributed by atoms with van der Waals surface area (Å²) in [4.78, 5) is 12.4. The molecule has 1 aromatic rings. The molecular formula is C14H22N2O. The van der Waals surface area contributed by atoms with Gasteiger partial charge in [0.1, 0.15) is 0 Å². The van der Waals surface area contributed by atoms with Gasteiger partial charge in [-0.15, -0.1) is 0 Å². The molecule has 94 valence electrons. The second-order valence-electron chi connectivity index (χ2n) is 5.96. The average Bonchev–Trinajstić information content (AvgIpc) is 2.16. The minimum Gasteiger partial charge on any atom is -0.326 e. The van der Waals surface area contributed by atoms with E-state index in [1.54, 1.807) is 0 Å². The SMILES string of the molecule is CC(C)(C)c1ccc(CN)c(=O)n1C1CCC1. The summed E-state index contributed by atoms with van der Waals surface area (Å²) in [7, 11) is 0. The summed E-state index contributed by atoms with van der Waals surface area (Å²) in [6.45, 7) is 6.78. The molecule has 0 aliphatic heterocycles. The van der Waals surface area contributed by atoms with Crippen molar-refractivity contribution in [1.29, 1.82) is 0 Å². The van der Waals surface area contributed by atoms with Gasteiger partial charge in [-0.3, -0.25) is 4.79 Å². The number of aromatic nitrogens is 1. The number of hydrogen-bond acceptors (Lipinski definition) is 2. The van der Waals surface area contributed by atoms with Gasteiger partial charge in [0, 0.05) is 29.3 Å². The summed E-state index contributed by atoms with van der Waals surface area (Å²) in [5.41, 5.74) is 7.60. The minimum atomic E-state index is 0.00186. The predicted octanol–water partition coefficient (Wildman–Crippen LogP) is 2.33. The lowest BCUT2D eigenvalue weighted by atomic mass is 9.86. The molecule has 1 fully saturated rings. The third kappa shape index (κ3) is 2.16. The van der Waals surface area contributed by atoms with Crippen molar-refractivity contribution in [2.45, 2.75) is 58.0 Å². The van der Waals surface area contributed by atoms with Crippen molar-refractivity contribution in [3.8, 4) is 0 Å². The molecule has 0 spiro atoms. The molecule has 3 heteroatoms. The first-order valence-electron chi connectivity index (χ1n) is 6.40. The molecule has 17 heavy (non-hydrogen) atoms. The Kier molecular flexibility index (Phi) is 3.13. The Morgan fingerprint density at radius 3 is 2.41 bits per heavy atom. The maximum atomic E-state index is 12.4. The van der Waals surface area contributed by atoms with Crippen LogP contribution in [0, 0.1) is 0 Å². The lowest BCUT2D eigenvalue weighted by Crippen LogP contribution is -2.37. The third-order valence-electron chi connectivity index (χ3n) is 3.62. The standard InChI is InChI=1S/C14H22N2O/c1-14(2,3)12-8-7-10(9-15)13(17)16(12)11-5-4-6-11/h7-8,11H,4-6,9,15H2,1-3H3. The van der Waals surface area contributed by atoms with Crippen LogP contribution < -0.4 is 11.3 Å². The molecule has 0 aromatic carbocycles. The van der Waals surface area contributed by atoms with E-state index >= 15 is 0 Å². The molecule has 1 saturated carbocycles. The highest BCUT2D eigenvalue weighted by atomic mass is 16.1. The number of rotatable bonds is 2.